The molecule has 0 bridgehead atoms. The molecule has 0 radical (unpaired) electrons. The highest BCUT2D eigenvalue weighted by atomic mass is 32.2. The zero-order valence-electron chi connectivity index (χ0n) is 5.51. The summed E-state index contributed by atoms with van der Waals surface area (Å²) in [5.41, 5.74) is 1.09. The molecule has 0 aromatic carbocycles. The molecule has 0 aromatic heterocycles. The van der Waals surface area contributed by atoms with Gasteiger partial charge in [-0.05, 0) is 12.8 Å². The molecule has 2 N–H and O–H groups in total. The van der Waals surface area contributed by atoms with E-state index in [2.05, 4.69) is 18.2 Å². The number of rotatable bonds is 2. The van der Waals surface area contributed by atoms with Crippen LogP contribution in [-0.2, 0) is 0 Å². The molecule has 48 valence electrons. The molecule has 0 spiro atoms. The summed E-state index contributed by atoms with van der Waals surface area (Å²) in [4.78, 5) is 0. The van der Waals surface area contributed by atoms with E-state index in [1.807, 2.05) is 6.92 Å². The number of hydrogen-bond acceptors (Lipinski definition) is 3. The van der Waals surface area contributed by atoms with Crippen molar-refractivity contribution in [2.24, 2.45) is 15.5 Å². The molecule has 2 nitrogen and oxygen atoms in total. The predicted molar refractivity (Wildman–Crippen MR) is 39.7 cm³/mol. The lowest BCUT2D eigenvalue weighted by Crippen LogP contribution is -2.00. The van der Waals surface area contributed by atoms with Gasteiger partial charge in [-0.15, -0.1) is 0 Å². The Morgan fingerprint density at radius 2 is 2.12 bits per heavy atom. The third kappa shape index (κ3) is 3.04. The van der Waals surface area contributed by atoms with Gasteiger partial charge in [-0.1, -0.05) is 13.8 Å². The standard InChI is InChI=1S/C5H12N2S/c1-4(2)5(3)7-8-6/h4H,6H2,1-3H3/b7-5-. The molecular formula is C5H12N2S. The number of nitrogens with two attached hydrogens (primary N) is 1. The van der Waals surface area contributed by atoms with Crippen molar-refractivity contribution in [3.05, 3.63) is 0 Å². The third-order valence-electron chi connectivity index (χ3n) is 1.03. The van der Waals surface area contributed by atoms with Gasteiger partial charge in [-0.25, -0.2) is 4.40 Å². The van der Waals surface area contributed by atoms with Crippen molar-refractivity contribution < 1.29 is 0 Å². The van der Waals surface area contributed by atoms with Gasteiger partial charge < -0.3 is 0 Å². The summed E-state index contributed by atoms with van der Waals surface area (Å²) in [5.74, 6) is 0.519. The first-order valence-electron chi connectivity index (χ1n) is 2.59. The minimum absolute atomic E-state index is 0.519. The molecule has 0 unspecified atom stereocenters. The minimum Gasteiger partial charge on any atom is -0.258 e. The summed E-state index contributed by atoms with van der Waals surface area (Å²) < 4.78 is 3.94. The molecule has 0 saturated heterocycles. The van der Waals surface area contributed by atoms with E-state index in [1.54, 1.807) is 0 Å². The number of nitrogens with zero attached hydrogens (tertiary/aromatic N) is 1. The maximum absolute atomic E-state index is 5.10. The molecule has 3 heteroatoms. The van der Waals surface area contributed by atoms with E-state index in [9.17, 15) is 0 Å². The van der Waals surface area contributed by atoms with Crippen molar-refractivity contribution in [2.75, 3.05) is 0 Å². The molecule has 0 aromatic rings. The van der Waals surface area contributed by atoms with Crippen LogP contribution in [-0.4, -0.2) is 5.71 Å². The second-order valence-electron chi connectivity index (χ2n) is 1.99. The van der Waals surface area contributed by atoms with Crippen LogP contribution in [0.2, 0.25) is 0 Å². The largest absolute Gasteiger partial charge is 0.258 e. The molecule has 0 amide bonds. The SMILES string of the molecule is C/C(=N/SN)C(C)C. The lowest BCUT2D eigenvalue weighted by molar-refractivity contribution is 0.882. The Hall–Kier alpha value is -0.0200. The summed E-state index contributed by atoms with van der Waals surface area (Å²) in [6, 6.07) is 0. The van der Waals surface area contributed by atoms with Crippen LogP contribution in [0.25, 0.3) is 0 Å². The lowest BCUT2D eigenvalue weighted by atomic mass is 10.1. The van der Waals surface area contributed by atoms with Crippen molar-refractivity contribution in [2.45, 2.75) is 20.8 Å². The summed E-state index contributed by atoms with van der Waals surface area (Å²) in [7, 11) is 0. The van der Waals surface area contributed by atoms with Gasteiger partial charge in [-0.2, -0.15) is 0 Å². The first-order valence-corrected chi connectivity index (χ1v) is 3.42. The molecule has 8 heavy (non-hydrogen) atoms. The molecule has 0 heterocycles. The van der Waals surface area contributed by atoms with Crippen LogP contribution < -0.4 is 5.14 Å². The maximum Gasteiger partial charge on any atom is 0.0555 e. The van der Waals surface area contributed by atoms with Crippen LogP contribution in [0.3, 0.4) is 0 Å². The van der Waals surface area contributed by atoms with Crippen LogP contribution in [0.5, 0.6) is 0 Å². The molecule has 0 aliphatic heterocycles. The molecular weight excluding hydrogens is 120 g/mol. The first-order chi connectivity index (χ1) is 3.68. The van der Waals surface area contributed by atoms with Crippen LogP contribution in [0.4, 0.5) is 0 Å². The van der Waals surface area contributed by atoms with Gasteiger partial charge in [0.05, 0.1) is 12.1 Å². The third-order valence-corrected chi connectivity index (χ3v) is 1.43. The molecule has 0 aliphatic carbocycles. The second kappa shape index (κ2) is 3.92. The predicted octanol–water partition coefficient (Wildman–Crippen LogP) is 1.63. The minimum atomic E-state index is 0.519. The van der Waals surface area contributed by atoms with Gasteiger partial charge in [0.25, 0.3) is 0 Å². The fourth-order valence-corrected chi connectivity index (χ4v) is 0.566. The van der Waals surface area contributed by atoms with Crippen LogP contribution in [0.15, 0.2) is 4.40 Å². The lowest BCUT2D eigenvalue weighted by Gasteiger charge is -1.99. The van der Waals surface area contributed by atoms with E-state index in [0.717, 1.165) is 17.8 Å². The molecule has 0 fully saturated rings. The van der Waals surface area contributed by atoms with Crippen molar-refractivity contribution in [3.8, 4) is 0 Å². The zero-order valence-corrected chi connectivity index (χ0v) is 6.33. The van der Waals surface area contributed by atoms with Gasteiger partial charge in [0, 0.05) is 5.71 Å². The fourth-order valence-electron chi connectivity index (χ4n) is 0.189. The average Bonchev–Trinajstić information content (AvgIpc) is 1.67. The van der Waals surface area contributed by atoms with Gasteiger partial charge in [0.15, 0.2) is 0 Å². The zero-order chi connectivity index (χ0) is 6.57. The van der Waals surface area contributed by atoms with Gasteiger partial charge in [-0.3, -0.25) is 5.14 Å². The fraction of sp³-hybridized carbons (Fsp3) is 0.800. The van der Waals surface area contributed by atoms with Crippen LogP contribution in [0.1, 0.15) is 20.8 Å². The number of hydrogen-bond donors (Lipinski definition) is 1. The molecule has 0 saturated carbocycles. The van der Waals surface area contributed by atoms with E-state index >= 15 is 0 Å². The van der Waals surface area contributed by atoms with Gasteiger partial charge in [0.2, 0.25) is 0 Å². The highest BCUT2D eigenvalue weighted by molar-refractivity contribution is 7.95. The van der Waals surface area contributed by atoms with Crippen molar-refractivity contribution >= 4 is 17.8 Å². The first kappa shape index (κ1) is 7.98. The summed E-state index contributed by atoms with van der Waals surface area (Å²) >= 11 is 1.03. The van der Waals surface area contributed by atoms with Gasteiger partial charge in [0.1, 0.15) is 0 Å². The Labute approximate surface area is 54.8 Å². The topological polar surface area (TPSA) is 38.4 Å². The van der Waals surface area contributed by atoms with Crippen LogP contribution in [0, 0.1) is 5.92 Å². The van der Waals surface area contributed by atoms with E-state index in [4.69, 9.17) is 5.14 Å². The smallest absolute Gasteiger partial charge is 0.0555 e. The van der Waals surface area contributed by atoms with E-state index < -0.39 is 0 Å². The molecule has 0 atom stereocenters. The van der Waals surface area contributed by atoms with E-state index in [-0.39, 0.29) is 0 Å². The second-order valence-corrected chi connectivity index (χ2v) is 2.39. The summed E-state index contributed by atoms with van der Waals surface area (Å²) in [6.07, 6.45) is 0. The van der Waals surface area contributed by atoms with Gasteiger partial charge >= 0.3 is 0 Å². The summed E-state index contributed by atoms with van der Waals surface area (Å²) in [6.45, 7) is 6.16. The van der Waals surface area contributed by atoms with Crippen molar-refractivity contribution in [3.63, 3.8) is 0 Å². The van der Waals surface area contributed by atoms with Crippen molar-refractivity contribution in [1.82, 2.24) is 0 Å². The van der Waals surface area contributed by atoms with E-state index in [0.29, 0.717) is 5.92 Å². The average molecular weight is 132 g/mol. The summed E-state index contributed by atoms with van der Waals surface area (Å²) in [5, 5.41) is 5.10. The van der Waals surface area contributed by atoms with Crippen LogP contribution >= 0.6 is 12.1 Å². The Morgan fingerprint density at radius 3 is 2.25 bits per heavy atom. The molecule has 0 aliphatic rings. The maximum atomic E-state index is 5.10. The monoisotopic (exact) mass is 132 g/mol. The Balaban J connectivity index is 3.61. The van der Waals surface area contributed by atoms with E-state index in [1.165, 1.54) is 0 Å². The van der Waals surface area contributed by atoms with Crippen molar-refractivity contribution in [1.29, 1.82) is 0 Å². The Morgan fingerprint density at radius 1 is 1.62 bits per heavy atom. The molecule has 0 rings (SSSR count). The Kier molecular flexibility index (Phi) is 3.91. The Bertz CT molecular complexity index is 88.4. The highest BCUT2D eigenvalue weighted by Gasteiger charge is 1.94. The normalized spacial score (nSPS) is 12.9. The highest BCUT2D eigenvalue weighted by Crippen LogP contribution is 1.99. The quantitative estimate of drug-likeness (QED) is 0.458.